The summed E-state index contributed by atoms with van der Waals surface area (Å²) < 4.78 is 5.32. The fourth-order valence-electron chi connectivity index (χ4n) is 1.78. The first-order valence-electron chi connectivity index (χ1n) is 5.40. The van der Waals surface area contributed by atoms with Crippen molar-refractivity contribution in [2.45, 2.75) is 25.1 Å². The van der Waals surface area contributed by atoms with Gasteiger partial charge in [0.05, 0.1) is 6.26 Å². The van der Waals surface area contributed by atoms with Crippen molar-refractivity contribution in [3.05, 3.63) is 59.0 Å². The molecule has 0 aliphatic heterocycles. The Morgan fingerprint density at radius 1 is 1.25 bits per heavy atom. The van der Waals surface area contributed by atoms with Crippen LogP contribution in [-0.4, -0.2) is 0 Å². The van der Waals surface area contributed by atoms with Gasteiger partial charge in [-0.25, -0.2) is 0 Å². The third-order valence-corrected chi connectivity index (χ3v) is 3.63. The van der Waals surface area contributed by atoms with Crippen LogP contribution in [0.3, 0.4) is 0 Å². The molecule has 1 unspecified atom stereocenters. The van der Waals surface area contributed by atoms with Gasteiger partial charge in [-0.1, -0.05) is 40.2 Å². The number of furan rings is 1. The van der Waals surface area contributed by atoms with Crippen molar-refractivity contribution in [2.24, 2.45) is 0 Å². The molecule has 0 spiro atoms. The first-order chi connectivity index (χ1) is 7.66. The standard InChI is InChI=1S/C14H15BrO/c1-10-5-3-4-6-12(10)8-14(15)13-7-11(2)16-9-13/h3-7,9,14H,8H2,1-2H3. The van der Waals surface area contributed by atoms with Gasteiger partial charge in [0.1, 0.15) is 5.76 Å². The number of benzene rings is 1. The van der Waals surface area contributed by atoms with E-state index in [1.54, 1.807) is 0 Å². The van der Waals surface area contributed by atoms with Crippen LogP contribution in [-0.2, 0) is 6.42 Å². The zero-order valence-corrected chi connectivity index (χ0v) is 11.1. The first-order valence-corrected chi connectivity index (χ1v) is 6.32. The number of halogens is 1. The molecule has 2 heteroatoms. The van der Waals surface area contributed by atoms with E-state index < -0.39 is 0 Å². The molecule has 16 heavy (non-hydrogen) atoms. The van der Waals surface area contributed by atoms with Gasteiger partial charge in [0.2, 0.25) is 0 Å². The van der Waals surface area contributed by atoms with Gasteiger partial charge < -0.3 is 4.42 Å². The fourth-order valence-corrected chi connectivity index (χ4v) is 2.37. The summed E-state index contributed by atoms with van der Waals surface area (Å²) in [6, 6.07) is 10.6. The van der Waals surface area contributed by atoms with E-state index in [9.17, 15) is 0 Å². The second kappa shape index (κ2) is 4.88. The Kier molecular flexibility index (Phi) is 3.49. The van der Waals surface area contributed by atoms with Gasteiger partial charge >= 0.3 is 0 Å². The largest absolute Gasteiger partial charge is 0.469 e. The lowest BCUT2D eigenvalue weighted by molar-refractivity contribution is 0.531. The van der Waals surface area contributed by atoms with E-state index in [2.05, 4.69) is 53.2 Å². The van der Waals surface area contributed by atoms with Crippen molar-refractivity contribution in [2.75, 3.05) is 0 Å². The van der Waals surface area contributed by atoms with Gasteiger partial charge in [-0.05, 0) is 37.5 Å². The smallest absolute Gasteiger partial charge is 0.101 e. The lowest BCUT2D eigenvalue weighted by Gasteiger charge is -2.09. The Morgan fingerprint density at radius 3 is 2.62 bits per heavy atom. The molecule has 84 valence electrons. The third-order valence-electron chi connectivity index (χ3n) is 2.77. The molecule has 2 aromatic rings. The van der Waals surface area contributed by atoms with E-state index in [0.717, 1.165) is 12.2 Å². The number of hydrogen-bond acceptors (Lipinski definition) is 1. The third kappa shape index (κ3) is 2.56. The molecular formula is C14H15BrO. The monoisotopic (exact) mass is 278 g/mol. The zero-order chi connectivity index (χ0) is 11.5. The highest BCUT2D eigenvalue weighted by atomic mass is 79.9. The van der Waals surface area contributed by atoms with Gasteiger partial charge in [-0.2, -0.15) is 0 Å². The van der Waals surface area contributed by atoms with Crippen LogP contribution < -0.4 is 0 Å². The van der Waals surface area contributed by atoms with Crippen molar-refractivity contribution >= 4 is 15.9 Å². The predicted molar refractivity (Wildman–Crippen MR) is 70.0 cm³/mol. The number of alkyl halides is 1. The molecule has 1 heterocycles. The number of rotatable bonds is 3. The maximum absolute atomic E-state index is 5.32. The maximum Gasteiger partial charge on any atom is 0.101 e. The highest BCUT2D eigenvalue weighted by molar-refractivity contribution is 9.09. The molecule has 2 rings (SSSR count). The molecular weight excluding hydrogens is 264 g/mol. The number of aryl methyl sites for hydroxylation is 2. The molecule has 1 aromatic carbocycles. The van der Waals surface area contributed by atoms with Crippen molar-refractivity contribution in [1.82, 2.24) is 0 Å². The summed E-state index contributed by atoms with van der Waals surface area (Å²) in [7, 11) is 0. The summed E-state index contributed by atoms with van der Waals surface area (Å²) in [5, 5.41) is 0. The van der Waals surface area contributed by atoms with Gasteiger partial charge in [0.15, 0.2) is 0 Å². The van der Waals surface area contributed by atoms with Gasteiger partial charge in [-0.15, -0.1) is 0 Å². The normalized spacial score (nSPS) is 12.7. The lowest BCUT2D eigenvalue weighted by atomic mass is 10.0. The Hall–Kier alpha value is -1.02. The van der Waals surface area contributed by atoms with Crippen molar-refractivity contribution < 1.29 is 4.42 Å². The number of hydrogen-bond donors (Lipinski definition) is 0. The van der Waals surface area contributed by atoms with E-state index in [-0.39, 0.29) is 0 Å². The highest BCUT2D eigenvalue weighted by Gasteiger charge is 2.11. The molecule has 0 N–H and O–H groups in total. The average molecular weight is 279 g/mol. The molecule has 1 aromatic heterocycles. The summed E-state index contributed by atoms with van der Waals surface area (Å²) in [4.78, 5) is 0.325. The van der Waals surface area contributed by atoms with E-state index in [1.807, 2.05) is 13.2 Å². The van der Waals surface area contributed by atoms with Crippen molar-refractivity contribution in [1.29, 1.82) is 0 Å². The zero-order valence-electron chi connectivity index (χ0n) is 9.53. The first kappa shape index (κ1) is 11.5. The van der Waals surface area contributed by atoms with E-state index in [4.69, 9.17) is 4.42 Å². The van der Waals surface area contributed by atoms with Crippen LogP contribution in [0.4, 0.5) is 0 Å². The van der Waals surface area contributed by atoms with Crippen LogP contribution in [0.1, 0.15) is 27.3 Å². The predicted octanol–water partition coefficient (Wildman–Crippen LogP) is 4.58. The molecule has 0 amide bonds. The van der Waals surface area contributed by atoms with Gasteiger partial charge in [0, 0.05) is 10.4 Å². The van der Waals surface area contributed by atoms with Crippen molar-refractivity contribution in [3.63, 3.8) is 0 Å². The maximum atomic E-state index is 5.32. The highest BCUT2D eigenvalue weighted by Crippen LogP contribution is 2.29. The van der Waals surface area contributed by atoms with Crippen LogP contribution in [0.25, 0.3) is 0 Å². The second-order valence-corrected chi connectivity index (χ2v) is 5.19. The van der Waals surface area contributed by atoms with E-state index in [1.165, 1.54) is 16.7 Å². The fraction of sp³-hybridized carbons (Fsp3) is 0.286. The quantitative estimate of drug-likeness (QED) is 0.750. The lowest BCUT2D eigenvalue weighted by Crippen LogP contribution is -1.96. The molecule has 0 bridgehead atoms. The SMILES string of the molecule is Cc1cc(C(Br)Cc2ccccc2C)co1. The van der Waals surface area contributed by atoms with Crippen LogP contribution in [0.15, 0.2) is 41.0 Å². The van der Waals surface area contributed by atoms with E-state index >= 15 is 0 Å². The minimum absolute atomic E-state index is 0.325. The van der Waals surface area contributed by atoms with Crippen molar-refractivity contribution in [3.8, 4) is 0 Å². The Morgan fingerprint density at radius 2 is 2.00 bits per heavy atom. The molecule has 0 aliphatic carbocycles. The molecule has 0 fully saturated rings. The van der Waals surface area contributed by atoms with E-state index in [0.29, 0.717) is 4.83 Å². The summed E-state index contributed by atoms with van der Waals surface area (Å²) in [5.41, 5.74) is 3.93. The summed E-state index contributed by atoms with van der Waals surface area (Å²) >= 11 is 3.71. The Balaban J connectivity index is 2.13. The summed E-state index contributed by atoms with van der Waals surface area (Å²) in [5.74, 6) is 0.962. The van der Waals surface area contributed by atoms with Gasteiger partial charge in [-0.3, -0.25) is 0 Å². The van der Waals surface area contributed by atoms with Crippen LogP contribution in [0, 0.1) is 13.8 Å². The van der Waals surface area contributed by atoms with Gasteiger partial charge in [0.25, 0.3) is 0 Å². The molecule has 1 nitrogen and oxygen atoms in total. The van der Waals surface area contributed by atoms with Crippen LogP contribution in [0.5, 0.6) is 0 Å². The second-order valence-electron chi connectivity index (χ2n) is 4.09. The molecule has 1 atom stereocenters. The average Bonchev–Trinajstić information content (AvgIpc) is 2.68. The molecule has 0 radical (unpaired) electrons. The molecule has 0 saturated heterocycles. The summed E-state index contributed by atoms with van der Waals surface area (Å²) in [6.45, 7) is 4.12. The minimum atomic E-state index is 0.325. The van der Waals surface area contributed by atoms with Crippen LogP contribution >= 0.6 is 15.9 Å². The molecule has 0 aliphatic rings. The Labute approximate surface area is 105 Å². The molecule has 0 saturated carbocycles. The Bertz CT molecular complexity index is 473. The summed E-state index contributed by atoms with van der Waals surface area (Å²) in [6.07, 6.45) is 2.82. The van der Waals surface area contributed by atoms with Crippen LogP contribution in [0.2, 0.25) is 0 Å². The topological polar surface area (TPSA) is 13.1 Å². The minimum Gasteiger partial charge on any atom is -0.469 e.